The molecule has 34 heavy (non-hydrogen) atoms. The summed E-state index contributed by atoms with van der Waals surface area (Å²) in [5, 5.41) is 0. The highest BCUT2D eigenvalue weighted by Crippen LogP contribution is 2.37. The van der Waals surface area contributed by atoms with E-state index >= 15 is 0 Å². The van der Waals surface area contributed by atoms with Gasteiger partial charge >= 0.3 is 0 Å². The van der Waals surface area contributed by atoms with E-state index < -0.39 is 16.2 Å². The Bertz CT molecular complexity index is 1220. The Kier molecular flexibility index (Phi) is 7.19. The molecule has 1 fully saturated rings. The average Bonchev–Trinajstić information content (AvgIpc) is 3.32. The summed E-state index contributed by atoms with van der Waals surface area (Å²) >= 11 is 0. The molecule has 0 spiro atoms. The van der Waals surface area contributed by atoms with Gasteiger partial charge in [0.25, 0.3) is 5.91 Å². The lowest BCUT2D eigenvalue weighted by Crippen LogP contribution is -2.38. The highest BCUT2D eigenvalue weighted by atomic mass is 32.2. The molecular weight excluding hydrogens is 444 g/mol. The molecule has 6 heteroatoms. The molecule has 4 rings (SSSR count). The molecule has 5 nitrogen and oxygen atoms in total. The Morgan fingerprint density at radius 2 is 1.50 bits per heavy atom. The standard InChI is InChI=1S/C28H32N2O3S/c1-4-22(5-2)23-15-17-24(18-16-23)27-29(28(31)25-13-11-21(3)12-14-25)19-20-30(27)34(32,33)26-9-7-6-8-10-26/h6-18,22,27H,4-5,19-20H2,1-3H3/t27-/m1/s1. The van der Waals surface area contributed by atoms with Crippen molar-refractivity contribution in [3.05, 3.63) is 101 Å². The zero-order valence-corrected chi connectivity index (χ0v) is 20.8. The predicted octanol–water partition coefficient (Wildman–Crippen LogP) is 5.74. The molecule has 1 aliphatic heterocycles. The monoisotopic (exact) mass is 476 g/mol. The predicted molar refractivity (Wildman–Crippen MR) is 135 cm³/mol. The number of hydrogen-bond donors (Lipinski definition) is 0. The summed E-state index contributed by atoms with van der Waals surface area (Å²) in [5.41, 5.74) is 3.66. The van der Waals surface area contributed by atoms with Crippen molar-refractivity contribution >= 4 is 15.9 Å². The molecule has 0 unspecified atom stereocenters. The quantitative estimate of drug-likeness (QED) is 0.437. The molecule has 1 saturated heterocycles. The Morgan fingerprint density at radius 1 is 0.882 bits per heavy atom. The molecular formula is C28H32N2O3S. The van der Waals surface area contributed by atoms with Crippen molar-refractivity contribution in [1.82, 2.24) is 9.21 Å². The van der Waals surface area contributed by atoms with Gasteiger partial charge in [0, 0.05) is 18.7 Å². The largest absolute Gasteiger partial charge is 0.316 e. The van der Waals surface area contributed by atoms with Gasteiger partial charge in [-0.25, -0.2) is 8.42 Å². The number of nitrogens with zero attached hydrogens (tertiary/aromatic N) is 2. The fourth-order valence-electron chi connectivity index (χ4n) is 4.71. The van der Waals surface area contributed by atoms with Crippen molar-refractivity contribution < 1.29 is 13.2 Å². The third-order valence-corrected chi connectivity index (χ3v) is 8.60. The first-order valence-corrected chi connectivity index (χ1v) is 13.3. The van der Waals surface area contributed by atoms with Gasteiger partial charge < -0.3 is 4.90 Å². The summed E-state index contributed by atoms with van der Waals surface area (Å²) in [5.74, 6) is 0.298. The van der Waals surface area contributed by atoms with Crippen LogP contribution in [0.25, 0.3) is 0 Å². The van der Waals surface area contributed by atoms with Crippen LogP contribution < -0.4 is 0 Å². The van der Waals surface area contributed by atoms with E-state index in [1.807, 2.05) is 31.2 Å². The Balaban J connectivity index is 1.75. The minimum absolute atomic E-state index is 0.167. The molecule has 3 aromatic carbocycles. The summed E-state index contributed by atoms with van der Waals surface area (Å²) in [4.78, 5) is 15.4. The minimum atomic E-state index is -3.79. The van der Waals surface area contributed by atoms with Crippen molar-refractivity contribution in [3.8, 4) is 0 Å². The van der Waals surface area contributed by atoms with Gasteiger partial charge in [-0.1, -0.05) is 74.0 Å². The van der Waals surface area contributed by atoms with Gasteiger partial charge in [-0.3, -0.25) is 4.79 Å². The van der Waals surface area contributed by atoms with Crippen LogP contribution in [0, 0.1) is 6.92 Å². The molecule has 3 aromatic rings. The van der Waals surface area contributed by atoms with E-state index in [0.717, 1.165) is 24.0 Å². The van der Waals surface area contributed by atoms with E-state index in [1.165, 1.54) is 9.87 Å². The number of amides is 1. The maximum atomic E-state index is 13.6. The smallest absolute Gasteiger partial charge is 0.255 e. The van der Waals surface area contributed by atoms with Crippen LogP contribution in [0.3, 0.4) is 0 Å². The molecule has 0 saturated carbocycles. The second-order valence-electron chi connectivity index (χ2n) is 8.85. The van der Waals surface area contributed by atoms with Crippen LogP contribution in [-0.2, 0) is 10.0 Å². The summed E-state index contributed by atoms with van der Waals surface area (Å²) in [6.07, 6.45) is 1.40. The number of aryl methyl sites for hydroxylation is 1. The molecule has 1 atom stereocenters. The normalized spacial score (nSPS) is 16.8. The molecule has 1 heterocycles. The van der Waals surface area contributed by atoms with Gasteiger partial charge in [-0.15, -0.1) is 0 Å². The lowest BCUT2D eigenvalue weighted by Gasteiger charge is -2.30. The van der Waals surface area contributed by atoms with E-state index in [1.54, 1.807) is 47.4 Å². The lowest BCUT2D eigenvalue weighted by molar-refractivity contribution is 0.0693. The van der Waals surface area contributed by atoms with Crippen LogP contribution in [0.5, 0.6) is 0 Å². The molecule has 0 N–H and O–H groups in total. The molecule has 1 aliphatic rings. The number of benzene rings is 3. The van der Waals surface area contributed by atoms with Crippen LogP contribution in [0.1, 0.15) is 65.8 Å². The molecule has 0 radical (unpaired) electrons. The van der Waals surface area contributed by atoms with Gasteiger partial charge in [0.15, 0.2) is 0 Å². The molecule has 0 bridgehead atoms. The Labute approximate surface area is 203 Å². The number of hydrogen-bond acceptors (Lipinski definition) is 3. The molecule has 178 valence electrons. The molecule has 0 aromatic heterocycles. The van der Waals surface area contributed by atoms with Crippen LogP contribution in [0.15, 0.2) is 83.8 Å². The summed E-state index contributed by atoms with van der Waals surface area (Å²) in [6, 6.07) is 24.0. The van der Waals surface area contributed by atoms with Gasteiger partial charge in [0.1, 0.15) is 6.17 Å². The zero-order chi connectivity index (χ0) is 24.3. The van der Waals surface area contributed by atoms with E-state index in [-0.39, 0.29) is 17.3 Å². The number of rotatable bonds is 7. The van der Waals surface area contributed by atoms with Crippen LogP contribution in [0.2, 0.25) is 0 Å². The van der Waals surface area contributed by atoms with E-state index in [0.29, 0.717) is 18.0 Å². The third kappa shape index (κ3) is 4.65. The van der Waals surface area contributed by atoms with Crippen molar-refractivity contribution in [2.75, 3.05) is 13.1 Å². The SMILES string of the molecule is CCC(CC)c1ccc([C@@H]2N(C(=O)c3ccc(C)cc3)CCN2S(=O)(=O)c2ccccc2)cc1. The van der Waals surface area contributed by atoms with E-state index in [9.17, 15) is 13.2 Å². The number of sulfonamides is 1. The molecule has 1 amide bonds. The van der Waals surface area contributed by atoms with Gasteiger partial charge in [0.05, 0.1) is 4.90 Å². The minimum Gasteiger partial charge on any atom is -0.316 e. The third-order valence-electron chi connectivity index (χ3n) is 6.73. The topological polar surface area (TPSA) is 57.7 Å². The first kappa shape index (κ1) is 24.2. The maximum Gasteiger partial charge on any atom is 0.255 e. The van der Waals surface area contributed by atoms with Gasteiger partial charge in [-0.05, 0) is 61.1 Å². The van der Waals surface area contributed by atoms with Gasteiger partial charge in [-0.2, -0.15) is 4.31 Å². The summed E-state index contributed by atoms with van der Waals surface area (Å²) in [6.45, 7) is 6.90. The Morgan fingerprint density at radius 3 is 2.09 bits per heavy atom. The fraction of sp³-hybridized carbons (Fsp3) is 0.321. The van der Waals surface area contributed by atoms with Crippen molar-refractivity contribution in [2.45, 2.75) is 50.6 Å². The van der Waals surface area contributed by atoms with Crippen molar-refractivity contribution in [2.24, 2.45) is 0 Å². The van der Waals surface area contributed by atoms with Crippen molar-refractivity contribution in [3.63, 3.8) is 0 Å². The average molecular weight is 477 g/mol. The van der Waals surface area contributed by atoms with E-state index in [2.05, 4.69) is 26.0 Å². The fourth-order valence-corrected chi connectivity index (χ4v) is 6.30. The van der Waals surface area contributed by atoms with Gasteiger partial charge in [0.2, 0.25) is 10.0 Å². The first-order valence-electron chi connectivity index (χ1n) is 11.9. The highest BCUT2D eigenvalue weighted by molar-refractivity contribution is 7.89. The van der Waals surface area contributed by atoms with Crippen LogP contribution >= 0.6 is 0 Å². The first-order chi connectivity index (χ1) is 16.4. The molecule has 0 aliphatic carbocycles. The second kappa shape index (κ2) is 10.1. The van der Waals surface area contributed by atoms with Crippen LogP contribution in [-0.4, -0.2) is 36.6 Å². The number of carbonyl (C=O) groups excluding carboxylic acids is 1. The number of carbonyl (C=O) groups is 1. The van der Waals surface area contributed by atoms with Crippen LogP contribution in [0.4, 0.5) is 0 Å². The summed E-state index contributed by atoms with van der Waals surface area (Å²) < 4.78 is 28.7. The maximum absolute atomic E-state index is 13.6. The highest BCUT2D eigenvalue weighted by Gasteiger charge is 2.43. The lowest BCUT2D eigenvalue weighted by atomic mass is 9.93. The Hall–Kier alpha value is -2.96. The van der Waals surface area contributed by atoms with E-state index in [4.69, 9.17) is 0 Å². The summed E-state index contributed by atoms with van der Waals surface area (Å²) in [7, 11) is -3.79. The van der Waals surface area contributed by atoms with Crippen molar-refractivity contribution in [1.29, 1.82) is 0 Å². The zero-order valence-electron chi connectivity index (χ0n) is 20.0. The second-order valence-corrected chi connectivity index (χ2v) is 10.7.